The molecule has 0 saturated carbocycles. The van der Waals surface area contributed by atoms with Gasteiger partial charge in [-0.3, -0.25) is 14.7 Å². The monoisotopic (exact) mass is 362 g/mol. The molecule has 7 heteroatoms. The third-order valence-corrected chi connectivity index (χ3v) is 4.34. The lowest BCUT2D eigenvalue weighted by Crippen LogP contribution is -2.50. The van der Waals surface area contributed by atoms with Crippen molar-refractivity contribution in [2.24, 2.45) is 0 Å². The fourth-order valence-electron chi connectivity index (χ4n) is 2.41. The van der Waals surface area contributed by atoms with Gasteiger partial charge in [0, 0.05) is 12.1 Å². The highest BCUT2D eigenvalue weighted by molar-refractivity contribution is 9.10. The molecule has 1 atom stereocenters. The number of hydrogen-bond donors (Lipinski definition) is 3. The normalized spacial score (nSPS) is 17.9. The van der Waals surface area contributed by atoms with Crippen molar-refractivity contribution in [2.45, 2.75) is 18.9 Å². The fourth-order valence-corrected chi connectivity index (χ4v) is 2.99. The zero-order chi connectivity index (χ0) is 15.5. The maximum atomic E-state index is 12.3. The second-order valence-electron chi connectivity index (χ2n) is 5.09. The van der Waals surface area contributed by atoms with Gasteiger partial charge < -0.3 is 10.6 Å². The summed E-state index contributed by atoms with van der Waals surface area (Å²) in [7, 11) is 0. The topological polar surface area (TPSA) is 86.9 Å². The van der Waals surface area contributed by atoms with Crippen LogP contribution in [0.5, 0.6) is 0 Å². The van der Waals surface area contributed by atoms with E-state index in [0.717, 1.165) is 12.0 Å². The van der Waals surface area contributed by atoms with Gasteiger partial charge in [-0.25, -0.2) is 0 Å². The van der Waals surface area contributed by atoms with E-state index in [-0.39, 0.29) is 11.8 Å². The molecule has 1 fully saturated rings. The Kier molecular flexibility index (Phi) is 4.24. The minimum atomic E-state index is -0.489. The van der Waals surface area contributed by atoms with Gasteiger partial charge >= 0.3 is 0 Å². The number of aromatic nitrogens is 2. The van der Waals surface area contributed by atoms with Gasteiger partial charge in [-0.05, 0) is 28.8 Å². The van der Waals surface area contributed by atoms with E-state index in [1.807, 2.05) is 30.3 Å². The number of piperidine rings is 1. The molecule has 0 radical (unpaired) electrons. The molecule has 2 aromatic rings. The lowest BCUT2D eigenvalue weighted by atomic mass is 10.1. The van der Waals surface area contributed by atoms with Gasteiger partial charge in [-0.2, -0.15) is 5.10 Å². The summed E-state index contributed by atoms with van der Waals surface area (Å²) in [5.41, 5.74) is 1.89. The Bertz CT molecular complexity index is 699. The summed E-state index contributed by atoms with van der Waals surface area (Å²) in [6.45, 7) is 0.664. The molecule has 1 aromatic carbocycles. The quantitative estimate of drug-likeness (QED) is 0.778. The van der Waals surface area contributed by atoms with E-state index >= 15 is 0 Å². The predicted molar refractivity (Wildman–Crippen MR) is 85.2 cm³/mol. The molecule has 1 aliphatic rings. The van der Waals surface area contributed by atoms with Crippen LogP contribution in [0.25, 0.3) is 11.3 Å². The molecule has 1 unspecified atom stereocenters. The van der Waals surface area contributed by atoms with E-state index in [1.54, 1.807) is 0 Å². The predicted octanol–water partition coefficient (Wildman–Crippen LogP) is 1.85. The Morgan fingerprint density at radius 3 is 2.82 bits per heavy atom. The number of hydrogen-bond acceptors (Lipinski definition) is 3. The number of aromatic amines is 1. The molecule has 1 aromatic heterocycles. The molecule has 0 bridgehead atoms. The number of carbonyl (C=O) groups excluding carboxylic acids is 2. The van der Waals surface area contributed by atoms with Crippen LogP contribution in [0.1, 0.15) is 23.3 Å². The zero-order valence-corrected chi connectivity index (χ0v) is 13.3. The fraction of sp³-hybridized carbons (Fsp3) is 0.267. The molecular weight excluding hydrogens is 348 g/mol. The molecule has 1 aliphatic heterocycles. The molecule has 2 heterocycles. The highest BCUT2D eigenvalue weighted by Gasteiger charge is 2.26. The molecule has 1 saturated heterocycles. The van der Waals surface area contributed by atoms with Gasteiger partial charge in [0.2, 0.25) is 5.91 Å². The van der Waals surface area contributed by atoms with Crippen molar-refractivity contribution in [3.8, 4) is 11.3 Å². The zero-order valence-electron chi connectivity index (χ0n) is 11.7. The summed E-state index contributed by atoms with van der Waals surface area (Å²) in [6, 6.07) is 9.07. The summed E-state index contributed by atoms with van der Waals surface area (Å²) in [5, 5.41) is 12.4. The highest BCUT2D eigenvalue weighted by atomic mass is 79.9. The molecule has 2 amide bonds. The number of nitrogens with zero attached hydrogens (tertiary/aromatic N) is 1. The van der Waals surface area contributed by atoms with Crippen LogP contribution in [0.15, 0.2) is 34.8 Å². The molecule has 114 valence electrons. The van der Waals surface area contributed by atoms with E-state index in [4.69, 9.17) is 0 Å². The summed E-state index contributed by atoms with van der Waals surface area (Å²) in [5.74, 6) is -0.484. The van der Waals surface area contributed by atoms with Gasteiger partial charge in [0.1, 0.15) is 17.4 Å². The van der Waals surface area contributed by atoms with Crippen LogP contribution in [0.2, 0.25) is 0 Å². The summed E-state index contributed by atoms with van der Waals surface area (Å²) < 4.78 is 0.590. The van der Waals surface area contributed by atoms with Gasteiger partial charge in [-0.15, -0.1) is 0 Å². The van der Waals surface area contributed by atoms with E-state index in [2.05, 4.69) is 36.8 Å². The Hall–Kier alpha value is -2.15. The van der Waals surface area contributed by atoms with Gasteiger partial charge in [0.05, 0.1) is 4.47 Å². The lowest BCUT2D eigenvalue weighted by Gasteiger charge is -2.22. The maximum absolute atomic E-state index is 12.3. The minimum Gasteiger partial charge on any atom is -0.354 e. The van der Waals surface area contributed by atoms with Crippen molar-refractivity contribution in [3.05, 3.63) is 40.5 Å². The molecule has 6 nitrogen and oxygen atoms in total. The molecule has 0 spiro atoms. The molecular formula is C15H15BrN4O2. The van der Waals surface area contributed by atoms with Gasteiger partial charge in [-0.1, -0.05) is 30.3 Å². The van der Waals surface area contributed by atoms with Crippen molar-refractivity contribution >= 4 is 27.7 Å². The van der Waals surface area contributed by atoms with Crippen LogP contribution in [0.4, 0.5) is 0 Å². The molecule has 0 aliphatic carbocycles. The number of amides is 2. The van der Waals surface area contributed by atoms with Crippen molar-refractivity contribution in [3.63, 3.8) is 0 Å². The third-order valence-electron chi connectivity index (χ3n) is 3.57. The Morgan fingerprint density at radius 1 is 1.32 bits per heavy atom. The molecule has 3 N–H and O–H groups in total. The first-order chi connectivity index (χ1) is 10.7. The van der Waals surface area contributed by atoms with Crippen molar-refractivity contribution in [1.82, 2.24) is 20.8 Å². The molecule has 22 heavy (non-hydrogen) atoms. The average molecular weight is 363 g/mol. The number of halogens is 1. The van der Waals surface area contributed by atoms with Crippen molar-refractivity contribution in [2.75, 3.05) is 6.54 Å². The van der Waals surface area contributed by atoms with E-state index in [1.165, 1.54) is 0 Å². The SMILES string of the molecule is O=C(NC1CCCNC1=O)c1[nH]nc(-c2ccccc2)c1Br. The summed E-state index contributed by atoms with van der Waals surface area (Å²) in [6.07, 6.45) is 1.50. The van der Waals surface area contributed by atoms with Gasteiger partial charge in [0.25, 0.3) is 5.91 Å². The summed E-state index contributed by atoms with van der Waals surface area (Å²) >= 11 is 3.41. The van der Waals surface area contributed by atoms with Crippen LogP contribution in [-0.4, -0.2) is 34.6 Å². The smallest absolute Gasteiger partial charge is 0.271 e. The largest absolute Gasteiger partial charge is 0.354 e. The maximum Gasteiger partial charge on any atom is 0.271 e. The summed E-state index contributed by atoms with van der Waals surface area (Å²) in [4.78, 5) is 24.0. The first-order valence-electron chi connectivity index (χ1n) is 7.04. The second-order valence-corrected chi connectivity index (χ2v) is 5.88. The first kappa shape index (κ1) is 14.8. The van der Waals surface area contributed by atoms with Crippen molar-refractivity contribution in [1.29, 1.82) is 0 Å². The Morgan fingerprint density at radius 2 is 2.09 bits per heavy atom. The standard InChI is InChI=1S/C15H15BrN4O2/c16-11-12(9-5-2-1-3-6-9)19-20-13(11)15(22)18-10-7-4-8-17-14(10)21/h1-3,5-6,10H,4,7-8H2,(H,17,21)(H,18,22)(H,19,20). The van der Waals surface area contributed by atoms with Crippen LogP contribution in [0.3, 0.4) is 0 Å². The van der Waals surface area contributed by atoms with E-state index in [9.17, 15) is 9.59 Å². The van der Waals surface area contributed by atoms with Crippen molar-refractivity contribution < 1.29 is 9.59 Å². The van der Waals surface area contributed by atoms with Crippen LogP contribution >= 0.6 is 15.9 Å². The average Bonchev–Trinajstić information content (AvgIpc) is 2.92. The lowest BCUT2D eigenvalue weighted by molar-refractivity contribution is -0.124. The van der Waals surface area contributed by atoms with Crippen LogP contribution in [0, 0.1) is 0 Å². The molecule has 3 rings (SSSR count). The Balaban J connectivity index is 1.79. The Labute approximate surface area is 135 Å². The number of benzene rings is 1. The third kappa shape index (κ3) is 2.89. The number of nitrogens with one attached hydrogen (secondary N) is 3. The van der Waals surface area contributed by atoms with E-state index < -0.39 is 6.04 Å². The number of carbonyl (C=O) groups is 2. The first-order valence-corrected chi connectivity index (χ1v) is 7.84. The van der Waals surface area contributed by atoms with Crippen LogP contribution in [-0.2, 0) is 4.79 Å². The van der Waals surface area contributed by atoms with Gasteiger partial charge in [0.15, 0.2) is 0 Å². The number of rotatable bonds is 3. The highest BCUT2D eigenvalue weighted by Crippen LogP contribution is 2.28. The minimum absolute atomic E-state index is 0.140. The number of H-pyrrole nitrogens is 1. The van der Waals surface area contributed by atoms with E-state index in [0.29, 0.717) is 28.8 Å². The second kappa shape index (κ2) is 6.31. The van der Waals surface area contributed by atoms with Crippen LogP contribution < -0.4 is 10.6 Å².